The summed E-state index contributed by atoms with van der Waals surface area (Å²) in [6, 6.07) is 12.9. The smallest absolute Gasteiger partial charge is 0.229 e. The van der Waals surface area contributed by atoms with Gasteiger partial charge in [0, 0.05) is 6.07 Å². The minimum Gasteiger partial charge on any atom is -0.497 e. The molecule has 0 saturated carbocycles. The minimum atomic E-state index is -1.60. The number of methoxy groups -OCH3 is 2. The molecule has 4 rings (SSSR count). The Labute approximate surface area is 232 Å². The molecule has 2 saturated heterocycles. The van der Waals surface area contributed by atoms with Gasteiger partial charge in [-0.1, -0.05) is 12.1 Å². The van der Waals surface area contributed by atoms with Crippen LogP contribution in [0.2, 0.25) is 0 Å². The maximum absolute atomic E-state index is 10.4. The third-order valence-electron chi connectivity index (χ3n) is 7.19. The molecule has 2 aromatic carbocycles. The molecule has 12 heteroatoms. The van der Waals surface area contributed by atoms with Gasteiger partial charge in [0.15, 0.2) is 6.29 Å². The molecule has 10 atom stereocenters. The first kappa shape index (κ1) is 30.4. The van der Waals surface area contributed by atoms with Gasteiger partial charge in [-0.3, -0.25) is 0 Å². The fourth-order valence-electron chi connectivity index (χ4n) is 4.66. The van der Waals surface area contributed by atoms with Gasteiger partial charge in [0.2, 0.25) is 6.29 Å². The highest BCUT2D eigenvalue weighted by Crippen LogP contribution is 2.28. The Kier molecular flexibility index (Phi) is 10.2. The molecule has 6 N–H and O–H groups in total. The molecule has 2 aliphatic rings. The molecule has 0 amide bonds. The molecule has 0 radical (unpaired) electrons. The van der Waals surface area contributed by atoms with Gasteiger partial charge < -0.3 is 59.1 Å². The molecule has 222 valence electrons. The largest absolute Gasteiger partial charge is 0.497 e. The number of aliphatic hydroxyl groups excluding tert-OH is 6. The van der Waals surface area contributed by atoms with Crippen LogP contribution in [0, 0.1) is 0 Å². The monoisotopic (exact) mass is 566 g/mol. The third kappa shape index (κ3) is 7.03. The fourth-order valence-corrected chi connectivity index (χ4v) is 4.66. The van der Waals surface area contributed by atoms with Crippen LogP contribution >= 0.6 is 0 Å². The molecule has 2 aromatic rings. The molecule has 12 nitrogen and oxygen atoms in total. The first-order valence-electron chi connectivity index (χ1n) is 13.1. The van der Waals surface area contributed by atoms with Gasteiger partial charge in [0.05, 0.1) is 26.9 Å². The van der Waals surface area contributed by atoms with Crippen molar-refractivity contribution >= 4 is 0 Å². The zero-order valence-electron chi connectivity index (χ0n) is 22.6. The number of benzene rings is 2. The van der Waals surface area contributed by atoms with Gasteiger partial charge in [0.1, 0.15) is 60.0 Å². The molecular weight excluding hydrogens is 528 g/mol. The van der Waals surface area contributed by atoms with E-state index in [4.69, 9.17) is 28.4 Å². The highest BCUT2D eigenvalue weighted by molar-refractivity contribution is 5.39. The molecule has 0 bridgehead atoms. The van der Waals surface area contributed by atoms with Gasteiger partial charge in [-0.25, -0.2) is 0 Å². The zero-order chi connectivity index (χ0) is 29.0. The molecule has 2 heterocycles. The van der Waals surface area contributed by atoms with Crippen molar-refractivity contribution in [2.24, 2.45) is 0 Å². The van der Waals surface area contributed by atoms with Crippen molar-refractivity contribution in [1.82, 2.24) is 0 Å². The van der Waals surface area contributed by atoms with Gasteiger partial charge >= 0.3 is 0 Å². The second kappa shape index (κ2) is 13.4. The first-order valence-corrected chi connectivity index (χ1v) is 13.1. The van der Waals surface area contributed by atoms with Crippen molar-refractivity contribution in [3.8, 4) is 17.2 Å². The highest BCUT2D eigenvalue weighted by atomic mass is 16.7. The first-order chi connectivity index (χ1) is 19.1. The van der Waals surface area contributed by atoms with Gasteiger partial charge in [-0.2, -0.15) is 0 Å². The summed E-state index contributed by atoms with van der Waals surface area (Å²) in [5.74, 6) is 1.80. The summed E-state index contributed by atoms with van der Waals surface area (Å²) < 4.78 is 33.0. The Hall–Kier alpha value is -2.52. The Morgan fingerprint density at radius 3 is 1.82 bits per heavy atom. The van der Waals surface area contributed by atoms with E-state index in [2.05, 4.69) is 0 Å². The lowest BCUT2D eigenvalue weighted by Gasteiger charge is -2.42. The number of aliphatic hydroxyl groups is 6. The van der Waals surface area contributed by atoms with E-state index in [1.54, 1.807) is 26.4 Å². The number of rotatable bonds is 10. The average Bonchev–Trinajstić information content (AvgIpc) is 2.97. The predicted molar refractivity (Wildman–Crippen MR) is 139 cm³/mol. The van der Waals surface area contributed by atoms with Crippen molar-refractivity contribution in [3.63, 3.8) is 0 Å². The lowest BCUT2D eigenvalue weighted by atomic mass is 9.98. The lowest BCUT2D eigenvalue weighted by Crippen LogP contribution is -2.61. The third-order valence-corrected chi connectivity index (χ3v) is 7.19. The maximum Gasteiger partial charge on any atom is 0.229 e. The van der Waals surface area contributed by atoms with Crippen molar-refractivity contribution < 1.29 is 59.1 Å². The van der Waals surface area contributed by atoms with Gasteiger partial charge in [-0.15, -0.1) is 0 Å². The molecular formula is C28H38O12. The SMILES string of the molecule is COc1cc(CCc2ccc(O[C@@H]3O[C@H](CO[C@@H]4O[C@@H](C)[C@H](O)[C@@H](O)[C@H]4O)[C@@H](O)[C@H](O)[C@H]3O)cc2)cc(OC)c1. The number of ether oxygens (including phenoxy) is 6. The summed E-state index contributed by atoms with van der Waals surface area (Å²) in [6.45, 7) is 1.14. The molecule has 0 unspecified atom stereocenters. The van der Waals surface area contributed by atoms with Crippen LogP contribution < -0.4 is 14.2 Å². The zero-order valence-corrected chi connectivity index (χ0v) is 22.6. The Morgan fingerprint density at radius 2 is 1.20 bits per heavy atom. The number of hydrogen-bond donors (Lipinski definition) is 6. The lowest BCUT2D eigenvalue weighted by molar-refractivity contribution is -0.318. The predicted octanol–water partition coefficient (Wildman–Crippen LogP) is -0.480. The topological polar surface area (TPSA) is 177 Å². The summed E-state index contributed by atoms with van der Waals surface area (Å²) in [7, 11) is 3.21. The quantitative estimate of drug-likeness (QED) is 0.218. The second-order valence-corrected chi connectivity index (χ2v) is 10.0. The van der Waals surface area contributed by atoms with E-state index in [1.807, 2.05) is 30.3 Å². The number of aryl methyl sites for hydroxylation is 2. The maximum atomic E-state index is 10.4. The summed E-state index contributed by atoms with van der Waals surface area (Å²) in [6.07, 6.45) is -12.1. The second-order valence-electron chi connectivity index (χ2n) is 10.0. The van der Waals surface area contributed by atoms with Crippen LogP contribution in [-0.4, -0.2) is 113 Å². The minimum absolute atomic E-state index is 0.365. The van der Waals surface area contributed by atoms with E-state index in [0.717, 1.165) is 24.0 Å². The van der Waals surface area contributed by atoms with Crippen LogP contribution in [0.15, 0.2) is 42.5 Å². The molecule has 2 fully saturated rings. The standard InChI is InChI=1S/C28H38O12/c1-14-21(29)23(31)25(33)27(38-14)37-13-20-22(30)24(32)26(34)28(40-20)39-17-8-6-15(7-9-17)4-5-16-10-18(35-2)12-19(11-16)36-3/h6-12,14,20-34H,4-5,13H2,1-3H3/t14-,20+,21-,22+,23+,24-,25+,26+,27+,28+/m0/s1. The summed E-state index contributed by atoms with van der Waals surface area (Å²) >= 11 is 0. The Bertz CT molecular complexity index is 1060. The molecule has 0 aliphatic carbocycles. The molecule has 40 heavy (non-hydrogen) atoms. The van der Waals surface area contributed by atoms with Crippen LogP contribution in [0.1, 0.15) is 18.1 Å². The van der Waals surface area contributed by atoms with Gasteiger partial charge in [0.25, 0.3) is 0 Å². The fraction of sp³-hybridized carbons (Fsp3) is 0.571. The summed E-state index contributed by atoms with van der Waals surface area (Å²) in [4.78, 5) is 0. The van der Waals surface area contributed by atoms with Crippen LogP contribution in [0.25, 0.3) is 0 Å². The Morgan fingerprint density at radius 1 is 0.625 bits per heavy atom. The van der Waals surface area contributed by atoms with Crippen molar-refractivity contribution in [2.75, 3.05) is 20.8 Å². The van der Waals surface area contributed by atoms with Crippen LogP contribution in [0.5, 0.6) is 17.2 Å². The van der Waals surface area contributed by atoms with Crippen molar-refractivity contribution in [3.05, 3.63) is 53.6 Å². The van der Waals surface area contributed by atoms with E-state index in [0.29, 0.717) is 17.2 Å². The highest BCUT2D eigenvalue weighted by Gasteiger charge is 2.47. The van der Waals surface area contributed by atoms with Crippen molar-refractivity contribution in [2.45, 2.75) is 81.2 Å². The average molecular weight is 567 g/mol. The van der Waals surface area contributed by atoms with E-state index < -0.39 is 61.4 Å². The van der Waals surface area contributed by atoms with Gasteiger partial charge in [-0.05, 0) is 55.2 Å². The van der Waals surface area contributed by atoms with E-state index in [-0.39, 0.29) is 6.61 Å². The molecule has 0 spiro atoms. The molecule has 0 aromatic heterocycles. The van der Waals surface area contributed by atoms with Crippen LogP contribution in [-0.2, 0) is 27.1 Å². The summed E-state index contributed by atoms with van der Waals surface area (Å²) in [5, 5.41) is 61.2. The van der Waals surface area contributed by atoms with E-state index in [9.17, 15) is 30.6 Å². The van der Waals surface area contributed by atoms with Crippen LogP contribution in [0.4, 0.5) is 0 Å². The number of hydrogen-bond acceptors (Lipinski definition) is 12. The van der Waals surface area contributed by atoms with Crippen molar-refractivity contribution in [1.29, 1.82) is 0 Å². The normalized spacial score (nSPS) is 34.3. The summed E-state index contributed by atoms with van der Waals surface area (Å²) in [5.41, 5.74) is 2.09. The Balaban J connectivity index is 1.33. The van der Waals surface area contributed by atoms with E-state index >= 15 is 0 Å². The molecule has 2 aliphatic heterocycles. The van der Waals surface area contributed by atoms with E-state index in [1.165, 1.54) is 6.92 Å². The van der Waals surface area contributed by atoms with Crippen LogP contribution in [0.3, 0.4) is 0 Å².